The maximum atomic E-state index is 13.5. The molecule has 0 aliphatic heterocycles. The number of pyridine rings is 1. The summed E-state index contributed by atoms with van der Waals surface area (Å²) >= 11 is 6.28. The van der Waals surface area contributed by atoms with Gasteiger partial charge in [0.05, 0.1) is 5.41 Å². The number of nitrogens with one attached hydrogen (secondary N) is 1. The maximum absolute atomic E-state index is 13.5. The average Bonchev–Trinajstić information content (AvgIpc) is 3.64. The van der Waals surface area contributed by atoms with Gasteiger partial charge in [-0.2, -0.15) is 0 Å². The summed E-state index contributed by atoms with van der Waals surface area (Å²) in [5.41, 5.74) is 7.61. The molecule has 5 fully saturated rings. The van der Waals surface area contributed by atoms with Gasteiger partial charge in [-0.1, -0.05) is 17.7 Å². The quantitative estimate of drug-likeness (QED) is 0.544. The fraction of sp³-hybridized carbons (Fsp3) is 0.552. The van der Waals surface area contributed by atoms with Gasteiger partial charge in [-0.25, -0.2) is 4.39 Å². The number of nitrogens with two attached hydrogens (primary N) is 1. The smallest absolute Gasteiger partial charge is 0.230 e. The van der Waals surface area contributed by atoms with E-state index < -0.39 is 11.2 Å². The minimum absolute atomic E-state index is 0.0701. The second-order valence-corrected chi connectivity index (χ2v) is 12.3. The van der Waals surface area contributed by atoms with E-state index in [1.807, 2.05) is 12.1 Å². The molecule has 4 bridgehead atoms. The Morgan fingerprint density at radius 3 is 2.44 bits per heavy atom. The fourth-order valence-corrected chi connectivity index (χ4v) is 8.46. The summed E-state index contributed by atoms with van der Waals surface area (Å²) in [7, 11) is 0. The molecule has 2 aromatic rings. The Balaban J connectivity index is 1.11. The molecular weight excluding hydrogens is 477 g/mol. The highest BCUT2D eigenvalue weighted by molar-refractivity contribution is 6.32. The Morgan fingerprint density at radius 1 is 1.11 bits per heavy atom. The van der Waals surface area contributed by atoms with Gasteiger partial charge < -0.3 is 11.1 Å². The molecule has 0 saturated heterocycles. The molecule has 3 unspecified atom stereocenters. The molecule has 190 valence electrons. The van der Waals surface area contributed by atoms with Crippen molar-refractivity contribution < 1.29 is 14.0 Å². The van der Waals surface area contributed by atoms with Gasteiger partial charge in [0.15, 0.2) is 0 Å². The third-order valence-electron chi connectivity index (χ3n) is 9.68. The van der Waals surface area contributed by atoms with Crippen LogP contribution in [0.25, 0.3) is 0 Å². The molecule has 3 atom stereocenters. The van der Waals surface area contributed by atoms with E-state index in [2.05, 4.69) is 10.3 Å². The second kappa shape index (κ2) is 8.91. The van der Waals surface area contributed by atoms with Crippen molar-refractivity contribution in [3.8, 4) is 0 Å². The number of ketones is 1. The van der Waals surface area contributed by atoms with Crippen molar-refractivity contribution in [3.05, 3.63) is 64.7 Å². The predicted molar refractivity (Wildman–Crippen MR) is 136 cm³/mol. The lowest BCUT2D eigenvalue weighted by Crippen LogP contribution is -2.59. The number of carbonyl (C=O) groups is 2. The van der Waals surface area contributed by atoms with Crippen molar-refractivity contribution in [2.75, 3.05) is 6.54 Å². The van der Waals surface area contributed by atoms with Crippen LogP contribution in [-0.4, -0.2) is 29.3 Å². The first-order valence-electron chi connectivity index (χ1n) is 13.2. The Morgan fingerprint density at radius 2 is 1.81 bits per heavy atom. The average molecular weight is 510 g/mol. The summed E-state index contributed by atoms with van der Waals surface area (Å²) < 4.78 is 13.5. The first-order valence-corrected chi connectivity index (χ1v) is 13.6. The van der Waals surface area contributed by atoms with E-state index in [1.54, 1.807) is 18.5 Å². The summed E-state index contributed by atoms with van der Waals surface area (Å²) in [6, 6.07) is 7.99. The van der Waals surface area contributed by atoms with E-state index in [9.17, 15) is 14.0 Å². The van der Waals surface area contributed by atoms with Gasteiger partial charge in [0, 0.05) is 41.8 Å². The fourth-order valence-electron chi connectivity index (χ4n) is 8.11. The van der Waals surface area contributed by atoms with Crippen molar-refractivity contribution in [1.29, 1.82) is 0 Å². The molecular formula is C29H33ClFN3O2. The molecule has 1 amide bonds. The summed E-state index contributed by atoms with van der Waals surface area (Å²) in [5.74, 6) is 1.71. The molecule has 7 rings (SSSR count). The van der Waals surface area contributed by atoms with E-state index in [-0.39, 0.29) is 17.4 Å². The Kier molecular flexibility index (Phi) is 5.95. The molecule has 1 heterocycles. The molecule has 0 spiro atoms. The van der Waals surface area contributed by atoms with Crippen LogP contribution < -0.4 is 11.1 Å². The summed E-state index contributed by atoms with van der Waals surface area (Å²) in [4.78, 5) is 30.8. The van der Waals surface area contributed by atoms with Crippen LogP contribution in [0.5, 0.6) is 0 Å². The van der Waals surface area contributed by atoms with Gasteiger partial charge in [0.2, 0.25) is 5.91 Å². The summed E-state index contributed by atoms with van der Waals surface area (Å²) in [6.07, 6.45) is 10.5. The number of aromatic nitrogens is 1. The summed E-state index contributed by atoms with van der Waals surface area (Å²) in [5, 5.41) is 3.41. The van der Waals surface area contributed by atoms with Crippen LogP contribution in [0.15, 0.2) is 42.7 Å². The number of carbonyl (C=O) groups excluding carboxylic acids is 2. The van der Waals surface area contributed by atoms with Crippen molar-refractivity contribution >= 4 is 23.3 Å². The van der Waals surface area contributed by atoms with Gasteiger partial charge in [-0.15, -0.1) is 0 Å². The molecule has 3 N–H and O–H groups in total. The van der Waals surface area contributed by atoms with Crippen LogP contribution in [0.4, 0.5) is 4.39 Å². The third-order valence-corrected chi connectivity index (χ3v) is 9.99. The molecule has 7 heteroatoms. The Hall–Kier alpha value is -2.31. The van der Waals surface area contributed by atoms with Crippen molar-refractivity contribution in [2.45, 2.75) is 62.8 Å². The Bertz CT molecular complexity index is 1170. The predicted octanol–water partition coefficient (Wildman–Crippen LogP) is 4.60. The zero-order chi connectivity index (χ0) is 25.1. The molecule has 0 radical (unpaired) electrons. The molecule has 5 nitrogen and oxygen atoms in total. The summed E-state index contributed by atoms with van der Waals surface area (Å²) in [6.45, 7) is 0.416. The van der Waals surface area contributed by atoms with Crippen molar-refractivity contribution in [2.24, 2.45) is 34.8 Å². The highest BCUT2D eigenvalue weighted by Gasteiger charge is 2.59. The van der Waals surface area contributed by atoms with Gasteiger partial charge in [0.1, 0.15) is 11.6 Å². The van der Waals surface area contributed by atoms with E-state index in [0.717, 1.165) is 37.7 Å². The number of amides is 1. The lowest BCUT2D eigenvalue weighted by atomic mass is 9.44. The first kappa shape index (κ1) is 24.1. The monoisotopic (exact) mass is 509 g/mol. The minimum atomic E-state index is -0.669. The van der Waals surface area contributed by atoms with Crippen molar-refractivity contribution in [3.63, 3.8) is 0 Å². The van der Waals surface area contributed by atoms with E-state index >= 15 is 0 Å². The zero-order valence-electron chi connectivity index (χ0n) is 20.4. The van der Waals surface area contributed by atoms with E-state index in [4.69, 9.17) is 17.3 Å². The van der Waals surface area contributed by atoms with Gasteiger partial charge >= 0.3 is 0 Å². The largest absolute Gasteiger partial charge is 0.354 e. The number of nitrogens with zero attached hydrogens (tertiary/aromatic N) is 1. The van der Waals surface area contributed by atoms with Crippen LogP contribution in [0.2, 0.25) is 5.02 Å². The number of Topliss-reactive ketones (excluding diaryl/α,β-unsaturated/α-hetero) is 1. The maximum Gasteiger partial charge on any atom is 0.230 e. The van der Waals surface area contributed by atoms with Crippen LogP contribution in [0.1, 0.15) is 56.1 Å². The lowest BCUT2D eigenvalue weighted by Gasteiger charge is -2.60. The van der Waals surface area contributed by atoms with Crippen LogP contribution in [0.3, 0.4) is 0 Å². The highest BCUT2D eigenvalue weighted by Crippen LogP contribution is 2.63. The SMILES string of the molecule is NC(CNC(=O)C1(c2ccc(F)cc2Cl)CC1)C1C2CC3CC1CC(C(=O)Cc1ccncc1)(C3)C2. The molecule has 5 aliphatic rings. The van der Waals surface area contributed by atoms with Crippen LogP contribution in [-0.2, 0) is 21.4 Å². The van der Waals surface area contributed by atoms with Gasteiger partial charge in [-0.05, 0) is 104 Å². The first-order chi connectivity index (χ1) is 17.3. The highest BCUT2D eigenvalue weighted by atomic mass is 35.5. The number of hydrogen-bond acceptors (Lipinski definition) is 4. The number of benzene rings is 1. The normalized spacial score (nSPS) is 32.2. The molecule has 5 saturated carbocycles. The van der Waals surface area contributed by atoms with Crippen LogP contribution >= 0.6 is 11.6 Å². The molecule has 1 aromatic heterocycles. The number of hydrogen-bond donors (Lipinski definition) is 2. The lowest BCUT2D eigenvalue weighted by molar-refractivity contribution is -0.151. The van der Waals surface area contributed by atoms with E-state index in [0.29, 0.717) is 65.8 Å². The second-order valence-electron chi connectivity index (χ2n) is 11.9. The molecule has 1 aromatic carbocycles. The number of halogens is 2. The standard InChI is InChI=1S/C29H33ClFN3O2/c30-23-12-21(31)1-2-22(23)29(5-6-29)27(36)34-16-24(32)26-19-9-18-10-20(26)15-28(13-18,14-19)25(35)11-17-3-7-33-8-4-17/h1-4,7-8,12,18-20,24,26H,5-6,9-11,13-16,32H2,(H,34,36). The third kappa shape index (κ3) is 4.06. The van der Waals surface area contributed by atoms with Gasteiger partial charge in [0.25, 0.3) is 0 Å². The molecule has 36 heavy (non-hydrogen) atoms. The van der Waals surface area contributed by atoms with Crippen LogP contribution in [0, 0.1) is 34.9 Å². The van der Waals surface area contributed by atoms with Gasteiger partial charge in [-0.3, -0.25) is 14.6 Å². The Labute approximate surface area is 216 Å². The zero-order valence-corrected chi connectivity index (χ0v) is 21.1. The number of rotatable bonds is 8. The van der Waals surface area contributed by atoms with Crippen molar-refractivity contribution in [1.82, 2.24) is 10.3 Å². The minimum Gasteiger partial charge on any atom is -0.354 e. The van der Waals surface area contributed by atoms with E-state index in [1.165, 1.54) is 12.1 Å². The molecule has 5 aliphatic carbocycles. The topological polar surface area (TPSA) is 85.1 Å².